The van der Waals surface area contributed by atoms with Gasteiger partial charge in [-0.3, -0.25) is 0 Å². The van der Waals surface area contributed by atoms with Crippen LogP contribution in [0.2, 0.25) is 0 Å². The van der Waals surface area contributed by atoms with Gasteiger partial charge in [0.2, 0.25) is 0 Å². The minimum atomic E-state index is -0.160. The van der Waals surface area contributed by atoms with E-state index in [1.165, 1.54) is 22.3 Å². The fourth-order valence-electron chi connectivity index (χ4n) is 9.33. The molecule has 0 N–H and O–H groups in total. The van der Waals surface area contributed by atoms with Gasteiger partial charge in [-0.2, -0.15) is 0 Å². The summed E-state index contributed by atoms with van der Waals surface area (Å²) >= 11 is 0. The summed E-state index contributed by atoms with van der Waals surface area (Å²) < 4.78 is 13.0. The number of hydrogen-bond acceptors (Lipinski definition) is 5. The molecular formula is C54H35N3O2. The Labute approximate surface area is 340 Å². The van der Waals surface area contributed by atoms with Gasteiger partial charge in [-0.05, 0) is 75.3 Å². The maximum Gasteiger partial charge on any atom is 0.164 e. The van der Waals surface area contributed by atoms with E-state index in [-0.39, 0.29) is 5.41 Å². The van der Waals surface area contributed by atoms with E-state index in [2.05, 4.69) is 147 Å². The minimum Gasteiger partial charge on any atom is -0.456 e. The summed E-state index contributed by atoms with van der Waals surface area (Å²) in [6.07, 6.45) is 0. The molecule has 12 rings (SSSR count). The van der Waals surface area contributed by atoms with Crippen LogP contribution in [0.4, 0.5) is 0 Å². The first-order valence-corrected chi connectivity index (χ1v) is 20.0. The lowest BCUT2D eigenvalue weighted by molar-refractivity contribution is 0.660. The smallest absolute Gasteiger partial charge is 0.164 e. The third-order valence-corrected chi connectivity index (χ3v) is 12.2. The number of hydrogen-bond donors (Lipinski definition) is 0. The Morgan fingerprint density at radius 3 is 1.76 bits per heavy atom. The van der Waals surface area contributed by atoms with Gasteiger partial charge in [-0.15, -0.1) is 0 Å². The molecule has 5 nitrogen and oxygen atoms in total. The first-order valence-electron chi connectivity index (χ1n) is 20.0. The second kappa shape index (κ2) is 12.7. The van der Waals surface area contributed by atoms with Crippen molar-refractivity contribution in [2.24, 2.45) is 0 Å². The van der Waals surface area contributed by atoms with Gasteiger partial charge in [-0.25, -0.2) is 15.0 Å². The van der Waals surface area contributed by atoms with E-state index >= 15 is 0 Å². The van der Waals surface area contributed by atoms with Crippen LogP contribution in [0.3, 0.4) is 0 Å². The van der Waals surface area contributed by atoms with Gasteiger partial charge in [0.05, 0.1) is 0 Å². The number of aromatic nitrogens is 3. The molecule has 8 aromatic carbocycles. The predicted molar refractivity (Wildman–Crippen MR) is 239 cm³/mol. The van der Waals surface area contributed by atoms with E-state index in [0.717, 1.165) is 82.8 Å². The van der Waals surface area contributed by atoms with E-state index in [0.29, 0.717) is 17.5 Å². The molecule has 0 amide bonds. The molecule has 11 aromatic rings. The molecule has 0 spiro atoms. The molecule has 5 heteroatoms. The molecule has 0 fully saturated rings. The minimum absolute atomic E-state index is 0.160. The molecular weight excluding hydrogens is 723 g/mol. The van der Waals surface area contributed by atoms with Crippen LogP contribution in [-0.4, -0.2) is 15.0 Å². The van der Waals surface area contributed by atoms with Gasteiger partial charge < -0.3 is 8.83 Å². The summed E-state index contributed by atoms with van der Waals surface area (Å²) in [5.74, 6) is 1.83. The second-order valence-corrected chi connectivity index (χ2v) is 15.9. The van der Waals surface area contributed by atoms with Gasteiger partial charge in [0, 0.05) is 49.2 Å². The molecule has 0 saturated heterocycles. The summed E-state index contributed by atoms with van der Waals surface area (Å²) in [7, 11) is 0. The number of benzene rings is 8. The third-order valence-electron chi connectivity index (χ3n) is 12.2. The largest absolute Gasteiger partial charge is 0.456 e. The molecule has 3 heterocycles. The maximum atomic E-state index is 6.61. The number of furan rings is 2. The van der Waals surface area contributed by atoms with Gasteiger partial charge in [0.15, 0.2) is 17.5 Å². The fraction of sp³-hybridized carbons (Fsp3) is 0.0556. The van der Waals surface area contributed by atoms with E-state index < -0.39 is 0 Å². The summed E-state index contributed by atoms with van der Waals surface area (Å²) in [4.78, 5) is 15.6. The Kier molecular flexibility index (Phi) is 7.20. The van der Waals surface area contributed by atoms with Crippen molar-refractivity contribution < 1.29 is 8.83 Å². The molecule has 59 heavy (non-hydrogen) atoms. The van der Waals surface area contributed by atoms with Gasteiger partial charge in [0.25, 0.3) is 0 Å². The third kappa shape index (κ3) is 5.14. The zero-order valence-electron chi connectivity index (χ0n) is 32.4. The quantitative estimate of drug-likeness (QED) is 0.175. The molecule has 0 atom stereocenters. The first kappa shape index (κ1) is 33.5. The van der Waals surface area contributed by atoms with Crippen LogP contribution in [0.1, 0.15) is 25.0 Å². The van der Waals surface area contributed by atoms with Crippen LogP contribution in [0.5, 0.6) is 0 Å². The standard InChI is InChI=1S/C54H35N3O2/c1-54(2)42-21-11-9-18-37(42)38-26-24-35(31-43(38)54)52-55-51(33-16-7-4-8-17-33)56-53(57-52)40-20-13-23-46-49(40)41-30-34(25-28-45(41)59-46)48-36(32-14-5-3-6-15-32)27-29-47-50(48)39-19-10-12-22-44(39)58-47/h3-31H,1-2H3. The molecule has 0 saturated carbocycles. The van der Waals surface area contributed by atoms with E-state index in [1.54, 1.807) is 0 Å². The molecule has 0 unspecified atom stereocenters. The number of rotatable bonds is 5. The second-order valence-electron chi connectivity index (χ2n) is 15.9. The monoisotopic (exact) mass is 757 g/mol. The van der Waals surface area contributed by atoms with Gasteiger partial charge >= 0.3 is 0 Å². The summed E-state index contributed by atoms with van der Waals surface area (Å²) in [5, 5.41) is 4.11. The Bertz CT molecular complexity index is 3470. The molecule has 1 aliphatic rings. The van der Waals surface area contributed by atoms with Crippen LogP contribution in [0.25, 0.3) is 111 Å². The average molecular weight is 758 g/mol. The van der Waals surface area contributed by atoms with Crippen molar-refractivity contribution in [1.29, 1.82) is 0 Å². The highest BCUT2D eigenvalue weighted by atomic mass is 16.3. The van der Waals surface area contributed by atoms with Crippen molar-refractivity contribution in [1.82, 2.24) is 15.0 Å². The van der Waals surface area contributed by atoms with Crippen molar-refractivity contribution in [3.05, 3.63) is 187 Å². The molecule has 3 aromatic heterocycles. The normalized spacial score (nSPS) is 13.1. The van der Waals surface area contributed by atoms with Gasteiger partial charge in [-0.1, -0.05) is 153 Å². The number of nitrogens with zero attached hydrogens (tertiary/aromatic N) is 3. The average Bonchev–Trinajstić information content (AvgIpc) is 3.94. The molecule has 0 radical (unpaired) electrons. The van der Waals surface area contributed by atoms with Crippen LogP contribution < -0.4 is 0 Å². The van der Waals surface area contributed by atoms with E-state index in [4.69, 9.17) is 23.8 Å². The van der Waals surface area contributed by atoms with Crippen molar-refractivity contribution >= 4 is 43.9 Å². The lowest BCUT2D eigenvalue weighted by Gasteiger charge is -2.21. The fourth-order valence-corrected chi connectivity index (χ4v) is 9.33. The molecule has 278 valence electrons. The van der Waals surface area contributed by atoms with Crippen LogP contribution >= 0.6 is 0 Å². The molecule has 0 bridgehead atoms. The summed E-state index contributed by atoms with van der Waals surface area (Å²) in [6.45, 7) is 4.60. The lowest BCUT2D eigenvalue weighted by atomic mass is 9.82. The summed E-state index contributed by atoms with van der Waals surface area (Å²) in [6, 6.07) is 61.3. The predicted octanol–water partition coefficient (Wildman–Crippen LogP) is 14.3. The van der Waals surface area contributed by atoms with E-state index in [1.807, 2.05) is 42.5 Å². The van der Waals surface area contributed by atoms with Crippen LogP contribution in [-0.2, 0) is 5.41 Å². The van der Waals surface area contributed by atoms with Crippen molar-refractivity contribution in [2.75, 3.05) is 0 Å². The highest BCUT2D eigenvalue weighted by molar-refractivity contribution is 6.18. The van der Waals surface area contributed by atoms with Crippen molar-refractivity contribution in [3.63, 3.8) is 0 Å². The van der Waals surface area contributed by atoms with Crippen LogP contribution in [0, 0.1) is 0 Å². The van der Waals surface area contributed by atoms with Crippen LogP contribution in [0.15, 0.2) is 185 Å². The van der Waals surface area contributed by atoms with Gasteiger partial charge in [0.1, 0.15) is 22.3 Å². The highest BCUT2D eigenvalue weighted by Crippen LogP contribution is 2.50. The zero-order chi connectivity index (χ0) is 39.2. The lowest BCUT2D eigenvalue weighted by Crippen LogP contribution is -2.15. The Balaban J connectivity index is 1.09. The zero-order valence-corrected chi connectivity index (χ0v) is 32.4. The maximum absolute atomic E-state index is 6.61. The topological polar surface area (TPSA) is 65.0 Å². The Morgan fingerprint density at radius 1 is 0.356 bits per heavy atom. The Hall–Kier alpha value is -7.63. The number of fused-ring (bicyclic) bond motifs is 9. The Morgan fingerprint density at radius 2 is 0.932 bits per heavy atom. The summed E-state index contributed by atoms with van der Waals surface area (Å²) in [5.41, 5.74) is 15.5. The first-order chi connectivity index (χ1) is 29.0. The number of para-hydroxylation sites is 1. The molecule has 1 aliphatic carbocycles. The van der Waals surface area contributed by atoms with Crippen molar-refractivity contribution in [3.8, 4) is 67.5 Å². The van der Waals surface area contributed by atoms with Crippen molar-refractivity contribution in [2.45, 2.75) is 19.3 Å². The highest BCUT2D eigenvalue weighted by Gasteiger charge is 2.35. The molecule has 0 aliphatic heterocycles. The van der Waals surface area contributed by atoms with E-state index in [9.17, 15) is 0 Å². The SMILES string of the molecule is CC1(C)c2ccccc2-c2ccc(-c3nc(-c4ccccc4)nc(-c4cccc5oc6ccc(-c7c(-c8ccccc8)ccc8oc9ccccc9c78)cc6c45)n3)cc21.